The molecule has 0 heterocycles. The van der Waals surface area contributed by atoms with Gasteiger partial charge in [-0.1, -0.05) is 11.6 Å². The van der Waals surface area contributed by atoms with Crippen molar-refractivity contribution >= 4 is 17.4 Å². The zero-order valence-electron chi connectivity index (χ0n) is 6.16. The van der Waals surface area contributed by atoms with Gasteiger partial charge in [-0.2, -0.15) is 0 Å². The van der Waals surface area contributed by atoms with Crippen LogP contribution in [0.15, 0.2) is 36.6 Å². The molecule has 0 spiro atoms. The van der Waals surface area contributed by atoms with Crippen LogP contribution in [-0.4, -0.2) is 5.78 Å². The molecule has 2 nitrogen and oxygen atoms in total. The average Bonchev–Trinajstić information content (AvgIpc) is 2.06. The van der Waals surface area contributed by atoms with Gasteiger partial charge in [0.25, 0.3) is 0 Å². The first-order valence-electron chi connectivity index (χ1n) is 3.32. The van der Waals surface area contributed by atoms with Crippen LogP contribution < -0.4 is 5.11 Å². The minimum Gasteiger partial charge on any atom is -0.878 e. The maximum atomic E-state index is 11.0. The Kier molecular flexibility index (Phi) is 2.88. The third-order valence-corrected chi connectivity index (χ3v) is 1.60. The first kappa shape index (κ1) is 8.81. The fraction of sp³-hybridized carbons (Fsp3) is 0. The van der Waals surface area contributed by atoms with Crippen molar-refractivity contribution in [1.82, 2.24) is 0 Å². The highest BCUT2D eigenvalue weighted by atomic mass is 35.5. The minimum atomic E-state index is -0.304. The van der Waals surface area contributed by atoms with Crippen molar-refractivity contribution in [2.45, 2.75) is 0 Å². The van der Waals surface area contributed by atoms with Gasteiger partial charge in [-0.05, 0) is 30.3 Å². The second kappa shape index (κ2) is 3.93. The van der Waals surface area contributed by atoms with E-state index in [1.54, 1.807) is 24.3 Å². The van der Waals surface area contributed by atoms with Gasteiger partial charge >= 0.3 is 0 Å². The Balaban J connectivity index is 2.90. The van der Waals surface area contributed by atoms with Gasteiger partial charge in [0.05, 0.1) is 0 Å². The molecule has 3 heteroatoms. The Morgan fingerprint density at radius 2 is 1.92 bits per heavy atom. The summed E-state index contributed by atoms with van der Waals surface area (Å²) >= 11 is 5.60. The fourth-order valence-electron chi connectivity index (χ4n) is 0.772. The highest BCUT2D eigenvalue weighted by Gasteiger charge is 1.98. The third kappa shape index (κ3) is 2.10. The monoisotopic (exact) mass is 181 g/mol. The number of rotatable bonds is 2. The van der Waals surface area contributed by atoms with Gasteiger partial charge in [-0.15, -0.1) is 6.26 Å². The van der Waals surface area contributed by atoms with Crippen LogP contribution in [0.4, 0.5) is 0 Å². The standard InChI is InChI=1S/C9H7ClO2/c10-8-3-1-7(2-4-8)9(12)5-6-11/h1-6,11H/p-1. The van der Waals surface area contributed by atoms with Gasteiger partial charge in [0.2, 0.25) is 0 Å². The Labute approximate surface area is 75.1 Å². The molecular formula is C9H6ClO2-. The first-order valence-corrected chi connectivity index (χ1v) is 3.70. The average molecular weight is 182 g/mol. The molecule has 62 valence electrons. The molecule has 0 aliphatic carbocycles. The quantitative estimate of drug-likeness (QED) is 0.393. The minimum absolute atomic E-state index is 0.304. The normalized spacial score (nSPS) is 10.4. The second-order valence-electron chi connectivity index (χ2n) is 2.17. The fourth-order valence-corrected chi connectivity index (χ4v) is 0.898. The molecule has 0 saturated carbocycles. The molecule has 0 fully saturated rings. The largest absolute Gasteiger partial charge is 0.878 e. The van der Waals surface area contributed by atoms with Crippen molar-refractivity contribution in [1.29, 1.82) is 0 Å². The van der Waals surface area contributed by atoms with E-state index >= 15 is 0 Å². The molecule has 0 N–H and O–H groups in total. The zero-order valence-corrected chi connectivity index (χ0v) is 6.91. The van der Waals surface area contributed by atoms with Crippen LogP contribution in [0, 0.1) is 0 Å². The van der Waals surface area contributed by atoms with Crippen LogP contribution in [0.2, 0.25) is 5.02 Å². The van der Waals surface area contributed by atoms with Gasteiger partial charge in [0.15, 0.2) is 5.78 Å². The van der Waals surface area contributed by atoms with Crippen LogP contribution in [-0.2, 0) is 0 Å². The number of carbonyl (C=O) groups excluding carboxylic acids is 1. The number of allylic oxidation sites excluding steroid dienone is 1. The SMILES string of the molecule is O=C(C=C[O-])c1ccc(Cl)cc1. The summed E-state index contributed by atoms with van der Waals surface area (Å²) in [5.41, 5.74) is 0.464. The first-order chi connectivity index (χ1) is 5.74. The summed E-state index contributed by atoms with van der Waals surface area (Å²) in [6.07, 6.45) is 1.44. The molecule has 0 aromatic heterocycles. The maximum absolute atomic E-state index is 11.0. The molecule has 1 rings (SSSR count). The van der Waals surface area contributed by atoms with Gasteiger partial charge in [0, 0.05) is 10.6 Å². The molecular weight excluding hydrogens is 176 g/mol. The number of hydrogen-bond acceptors (Lipinski definition) is 2. The molecule has 0 atom stereocenters. The highest BCUT2D eigenvalue weighted by molar-refractivity contribution is 6.30. The van der Waals surface area contributed by atoms with E-state index in [-0.39, 0.29) is 5.78 Å². The summed E-state index contributed by atoms with van der Waals surface area (Å²) < 4.78 is 0. The summed E-state index contributed by atoms with van der Waals surface area (Å²) in [7, 11) is 0. The van der Waals surface area contributed by atoms with E-state index in [0.29, 0.717) is 16.8 Å². The predicted molar refractivity (Wildman–Crippen MR) is 44.9 cm³/mol. The van der Waals surface area contributed by atoms with Crippen LogP contribution in [0.5, 0.6) is 0 Å². The van der Waals surface area contributed by atoms with E-state index in [0.717, 1.165) is 6.08 Å². The molecule has 0 aliphatic rings. The zero-order chi connectivity index (χ0) is 8.97. The van der Waals surface area contributed by atoms with E-state index in [1.807, 2.05) is 0 Å². The molecule has 1 aromatic carbocycles. The van der Waals surface area contributed by atoms with Crippen LogP contribution in [0.25, 0.3) is 0 Å². The molecule has 12 heavy (non-hydrogen) atoms. The number of ketones is 1. The topological polar surface area (TPSA) is 40.1 Å². The summed E-state index contributed by atoms with van der Waals surface area (Å²) in [6, 6.07) is 6.36. The molecule has 0 bridgehead atoms. The van der Waals surface area contributed by atoms with E-state index in [9.17, 15) is 9.90 Å². The van der Waals surface area contributed by atoms with E-state index < -0.39 is 0 Å². The van der Waals surface area contributed by atoms with Gasteiger partial charge in [0.1, 0.15) is 0 Å². The Morgan fingerprint density at radius 1 is 1.33 bits per heavy atom. The number of halogens is 1. The highest BCUT2D eigenvalue weighted by Crippen LogP contribution is 2.09. The lowest BCUT2D eigenvalue weighted by molar-refractivity contribution is -0.274. The van der Waals surface area contributed by atoms with Crippen molar-refractivity contribution in [3.63, 3.8) is 0 Å². The maximum Gasteiger partial charge on any atom is 0.184 e. The van der Waals surface area contributed by atoms with Crippen LogP contribution in [0.3, 0.4) is 0 Å². The molecule has 1 aromatic rings. The third-order valence-electron chi connectivity index (χ3n) is 1.35. The number of carbonyl (C=O) groups is 1. The lowest BCUT2D eigenvalue weighted by atomic mass is 10.1. The Morgan fingerprint density at radius 3 is 2.42 bits per heavy atom. The van der Waals surface area contributed by atoms with Crippen LogP contribution in [0.1, 0.15) is 10.4 Å². The van der Waals surface area contributed by atoms with Crippen molar-refractivity contribution < 1.29 is 9.90 Å². The van der Waals surface area contributed by atoms with Crippen molar-refractivity contribution in [3.05, 3.63) is 47.2 Å². The summed E-state index contributed by atoms with van der Waals surface area (Å²) in [5.74, 6) is -0.304. The molecule has 0 saturated heterocycles. The number of hydrogen-bond donors (Lipinski definition) is 0. The Hall–Kier alpha value is -1.28. The molecule has 0 unspecified atom stereocenters. The number of benzene rings is 1. The van der Waals surface area contributed by atoms with Gasteiger partial charge in [-0.3, -0.25) is 4.79 Å². The van der Waals surface area contributed by atoms with Gasteiger partial charge in [-0.25, -0.2) is 0 Å². The van der Waals surface area contributed by atoms with Crippen molar-refractivity contribution in [2.75, 3.05) is 0 Å². The Bertz CT molecular complexity index is 301. The van der Waals surface area contributed by atoms with Gasteiger partial charge < -0.3 is 5.11 Å². The van der Waals surface area contributed by atoms with E-state index in [1.165, 1.54) is 0 Å². The smallest absolute Gasteiger partial charge is 0.184 e. The summed E-state index contributed by atoms with van der Waals surface area (Å²) in [5, 5.41) is 10.5. The summed E-state index contributed by atoms with van der Waals surface area (Å²) in [6.45, 7) is 0. The lowest BCUT2D eigenvalue weighted by Gasteiger charge is -1.96. The molecule has 0 aliphatic heterocycles. The van der Waals surface area contributed by atoms with Crippen molar-refractivity contribution in [3.8, 4) is 0 Å². The lowest BCUT2D eigenvalue weighted by Crippen LogP contribution is -1.96. The van der Waals surface area contributed by atoms with E-state index in [4.69, 9.17) is 11.6 Å². The van der Waals surface area contributed by atoms with Crippen molar-refractivity contribution in [2.24, 2.45) is 0 Å². The predicted octanol–water partition coefficient (Wildman–Crippen LogP) is 1.40. The van der Waals surface area contributed by atoms with E-state index in [2.05, 4.69) is 0 Å². The van der Waals surface area contributed by atoms with Crippen LogP contribution >= 0.6 is 11.6 Å². The molecule has 0 radical (unpaired) electrons. The molecule has 0 amide bonds. The summed E-state index contributed by atoms with van der Waals surface area (Å²) in [4.78, 5) is 11.0. The second-order valence-corrected chi connectivity index (χ2v) is 2.61.